The molecule has 2 aromatic rings. The lowest BCUT2D eigenvalue weighted by Crippen LogP contribution is -2.36. The van der Waals surface area contributed by atoms with Crippen LogP contribution in [0, 0.1) is 0 Å². The van der Waals surface area contributed by atoms with E-state index in [0.717, 1.165) is 43.5 Å². The van der Waals surface area contributed by atoms with Crippen LogP contribution in [0.3, 0.4) is 0 Å². The molecular formula is C18H23N3O2. The maximum absolute atomic E-state index is 12.5. The molecule has 1 aliphatic heterocycles. The van der Waals surface area contributed by atoms with Gasteiger partial charge in [-0.05, 0) is 49.4 Å². The maximum Gasteiger partial charge on any atom is 0.227 e. The number of carbonyl (C=O) groups excluding carboxylic acids is 1. The number of aliphatic hydroxyl groups excluding tert-OH is 1. The molecule has 1 N–H and O–H groups in total. The molecule has 0 spiro atoms. The zero-order chi connectivity index (χ0) is 16.1. The number of carbonyl (C=O) groups is 1. The van der Waals surface area contributed by atoms with Gasteiger partial charge in [-0.25, -0.2) is 4.68 Å². The Morgan fingerprint density at radius 3 is 2.83 bits per heavy atom. The van der Waals surface area contributed by atoms with Crippen LogP contribution >= 0.6 is 0 Å². The van der Waals surface area contributed by atoms with Gasteiger partial charge in [0, 0.05) is 31.6 Å². The van der Waals surface area contributed by atoms with Crippen LogP contribution in [0.4, 0.5) is 0 Å². The molecule has 1 atom stereocenters. The van der Waals surface area contributed by atoms with Crippen molar-refractivity contribution in [1.82, 2.24) is 14.7 Å². The van der Waals surface area contributed by atoms with Crippen molar-refractivity contribution < 1.29 is 9.90 Å². The van der Waals surface area contributed by atoms with E-state index in [1.54, 1.807) is 10.9 Å². The summed E-state index contributed by atoms with van der Waals surface area (Å²) in [5.74, 6) is 0.192. The normalized spacial score (nSPS) is 17.6. The first kappa shape index (κ1) is 15.7. The van der Waals surface area contributed by atoms with Crippen LogP contribution in [-0.2, 0) is 11.2 Å². The fourth-order valence-electron chi connectivity index (χ4n) is 3.26. The van der Waals surface area contributed by atoms with Crippen LogP contribution in [-0.4, -0.2) is 44.9 Å². The van der Waals surface area contributed by atoms with Gasteiger partial charge < -0.3 is 10.0 Å². The minimum atomic E-state index is 0.192. The van der Waals surface area contributed by atoms with Crippen LogP contribution in [0.1, 0.15) is 31.2 Å². The molecule has 0 bridgehead atoms. The molecule has 3 rings (SSSR count). The molecule has 5 heteroatoms. The summed E-state index contributed by atoms with van der Waals surface area (Å²) in [4.78, 5) is 14.5. The van der Waals surface area contributed by atoms with Gasteiger partial charge in [0.25, 0.3) is 0 Å². The Hall–Kier alpha value is -2.14. The molecule has 1 amide bonds. The van der Waals surface area contributed by atoms with Gasteiger partial charge in [-0.2, -0.15) is 5.10 Å². The number of hydrogen-bond donors (Lipinski definition) is 1. The van der Waals surface area contributed by atoms with Gasteiger partial charge in [-0.15, -0.1) is 0 Å². The molecule has 23 heavy (non-hydrogen) atoms. The van der Waals surface area contributed by atoms with E-state index in [2.05, 4.69) is 5.10 Å². The first-order valence-electron chi connectivity index (χ1n) is 8.27. The summed E-state index contributed by atoms with van der Waals surface area (Å²) in [6, 6.07) is 10.2. The van der Waals surface area contributed by atoms with Gasteiger partial charge in [0.15, 0.2) is 0 Å². The number of rotatable bonds is 6. The summed E-state index contributed by atoms with van der Waals surface area (Å²) >= 11 is 0. The number of likely N-dealkylation sites (tertiary alicyclic amines) is 1. The summed E-state index contributed by atoms with van der Waals surface area (Å²) in [5.41, 5.74) is 2.02. The molecule has 1 unspecified atom stereocenters. The third kappa shape index (κ3) is 3.79. The molecule has 122 valence electrons. The highest BCUT2D eigenvalue weighted by molar-refractivity contribution is 5.79. The molecule has 5 nitrogen and oxygen atoms in total. The summed E-state index contributed by atoms with van der Waals surface area (Å²) < 4.78 is 1.80. The lowest BCUT2D eigenvalue weighted by Gasteiger charge is -2.24. The van der Waals surface area contributed by atoms with Crippen molar-refractivity contribution in [3.63, 3.8) is 0 Å². The molecular weight excluding hydrogens is 290 g/mol. The minimum absolute atomic E-state index is 0.192. The van der Waals surface area contributed by atoms with E-state index in [1.165, 1.54) is 0 Å². The standard InChI is InChI=1S/C18H23N3O2/c22-13-2-5-16-4-1-11-20(16)18(23)14-15-6-8-17(9-7-15)21-12-3-10-19-21/h3,6-10,12,16,22H,1-2,4-5,11,13-14H2. The first-order valence-corrected chi connectivity index (χ1v) is 8.27. The van der Waals surface area contributed by atoms with Crippen LogP contribution in [0.2, 0.25) is 0 Å². The lowest BCUT2D eigenvalue weighted by atomic mass is 10.1. The second kappa shape index (κ2) is 7.42. The molecule has 1 aromatic heterocycles. The van der Waals surface area contributed by atoms with Crippen molar-refractivity contribution in [2.24, 2.45) is 0 Å². The third-order valence-electron chi connectivity index (χ3n) is 4.45. The second-order valence-electron chi connectivity index (χ2n) is 6.04. The molecule has 2 heterocycles. The van der Waals surface area contributed by atoms with Crippen molar-refractivity contribution in [2.45, 2.75) is 38.1 Å². The van der Waals surface area contributed by atoms with Gasteiger partial charge in [0.1, 0.15) is 0 Å². The van der Waals surface area contributed by atoms with E-state index >= 15 is 0 Å². The zero-order valence-electron chi connectivity index (χ0n) is 13.3. The van der Waals surface area contributed by atoms with Crippen molar-refractivity contribution in [2.75, 3.05) is 13.2 Å². The smallest absolute Gasteiger partial charge is 0.227 e. The van der Waals surface area contributed by atoms with E-state index in [-0.39, 0.29) is 12.5 Å². The fourth-order valence-corrected chi connectivity index (χ4v) is 3.26. The van der Waals surface area contributed by atoms with E-state index in [4.69, 9.17) is 5.11 Å². The quantitative estimate of drug-likeness (QED) is 0.889. The Morgan fingerprint density at radius 1 is 1.30 bits per heavy atom. The number of nitrogens with zero attached hydrogens (tertiary/aromatic N) is 3. The lowest BCUT2D eigenvalue weighted by molar-refractivity contribution is -0.131. The summed E-state index contributed by atoms with van der Waals surface area (Å²) in [7, 11) is 0. The Labute approximate surface area is 136 Å². The van der Waals surface area contributed by atoms with Gasteiger partial charge in [-0.1, -0.05) is 12.1 Å². The van der Waals surface area contributed by atoms with Crippen LogP contribution in [0.5, 0.6) is 0 Å². The number of amides is 1. The highest BCUT2D eigenvalue weighted by Crippen LogP contribution is 2.22. The topological polar surface area (TPSA) is 58.4 Å². The van der Waals surface area contributed by atoms with E-state index in [9.17, 15) is 4.79 Å². The second-order valence-corrected chi connectivity index (χ2v) is 6.04. The molecule has 0 aliphatic carbocycles. The minimum Gasteiger partial charge on any atom is -0.396 e. The number of aliphatic hydroxyl groups is 1. The van der Waals surface area contributed by atoms with Gasteiger partial charge >= 0.3 is 0 Å². The van der Waals surface area contributed by atoms with E-state index < -0.39 is 0 Å². The molecule has 1 saturated heterocycles. The van der Waals surface area contributed by atoms with Crippen molar-refractivity contribution in [3.8, 4) is 5.69 Å². The Bertz CT molecular complexity index is 622. The van der Waals surface area contributed by atoms with Gasteiger partial charge in [0.2, 0.25) is 5.91 Å². The van der Waals surface area contributed by atoms with Gasteiger partial charge in [-0.3, -0.25) is 4.79 Å². The molecule has 1 fully saturated rings. The first-order chi connectivity index (χ1) is 11.3. The van der Waals surface area contributed by atoms with E-state index in [1.807, 2.05) is 41.4 Å². The summed E-state index contributed by atoms with van der Waals surface area (Å²) in [6.07, 6.45) is 7.89. The van der Waals surface area contributed by atoms with Crippen LogP contribution in [0.25, 0.3) is 5.69 Å². The monoisotopic (exact) mass is 313 g/mol. The molecule has 0 saturated carbocycles. The predicted molar refractivity (Wildman–Crippen MR) is 88.3 cm³/mol. The maximum atomic E-state index is 12.5. The fraction of sp³-hybridized carbons (Fsp3) is 0.444. The molecule has 1 aromatic carbocycles. The van der Waals surface area contributed by atoms with Crippen molar-refractivity contribution >= 4 is 5.91 Å². The average Bonchev–Trinajstić information content (AvgIpc) is 3.25. The number of benzene rings is 1. The SMILES string of the molecule is O=C(Cc1ccc(-n2cccn2)cc1)N1CCCC1CCCO. The predicted octanol–water partition coefficient (Wildman–Crippen LogP) is 2.18. The Morgan fingerprint density at radius 2 is 2.13 bits per heavy atom. The van der Waals surface area contributed by atoms with E-state index in [0.29, 0.717) is 12.5 Å². The summed E-state index contributed by atoms with van der Waals surface area (Å²) in [5, 5.41) is 13.2. The largest absolute Gasteiger partial charge is 0.396 e. The Kier molecular flexibility index (Phi) is 5.08. The highest BCUT2D eigenvalue weighted by atomic mass is 16.3. The zero-order valence-corrected chi connectivity index (χ0v) is 13.3. The molecule has 0 radical (unpaired) electrons. The highest BCUT2D eigenvalue weighted by Gasteiger charge is 2.27. The average molecular weight is 313 g/mol. The van der Waals surface area contributed by atoms with Crippen molar-refractivity contribution in [3.05, 3.63) is 48.3 Å². The molecule has 1 aliphatic rings. The van der Waals surface area contributed by atoms with Crippen LogP contribution in [0.15, 0.2) is 42.7 Å². The van der Waals surface area contributed by atoms with Crippen molar-refractivity contribution in [1.29, 1.82) is 0 Å². The Balaban J connectivity index is 1.61. The summed E-state index contributed by atoms with van der Waals surface area (Å²) in [6.45, 7) is 1.05. The van der Waals surface area contributed by atoms with Crippen LogP contribution < -0.4 is 0 Å². The third-order valence-corrected chi connectivity index (χ3v) is 4.45. The number of hydrogen-bond acceptors (Lipinski definition) is 3. The number of aromatic nitrogens is 2. The van der Waals surface area contributed by atoms with Gasteiger partial charge in [0.05, 0.1) is 12.1 Å².